The van der Waals surface area contributed by atoms with Crippen LogP contribution in [0.4, 0.5) is 0 Å². The van der Waals surface area contributed by atoms with Gasteiger partial charge in [-0.05, 0) is 51.4 Å². The molecule has 0 saturated heterocycles. The lowest BCUT2D eigenvalue weighted by Crippen LogP contribution is -2.37. The van der Waals surface area contributed by atoms with Crippen LogP contribution in [-0.2, 0) is 27.9 Å². The number of nitrogens with zero attached hydrogens (tertiary/aromatic N) is 1. The molecule has 0 aromatic rings. The number of ether oxygens (including phenoxy) is 2. The fourth-order valence-electron chi connectivity index (χ4n) is 5.77. The number of quaternary nitrogens is 1. The highest BCUT2D eigenvalue weighted by molar-refractivity contribution is 7.45. The van der Waals surface area contributed by atoms with Gasteiger partial charge in [-0.3, -0.25) is 9.36 Å². The summed E-state index contributed by atoms with van der Waals surface area (Å²) in [5.41, 5.74) is 0. The summed E-state index contributed by atoms with van der Waals surface area (Å²) in [4.78, 5) is 24.9. The van der Waals surface area contributed by atoms with Crippen LogP contribution in [0.15, 0.2) is 48.6 Å². The molecule has 0 aliphatic heterocycles. The Labute approximate surface area is 333 Å². The van der Waals surface area contributed by atoms with Gasteiger partial charge in [0.2, 0.25) is 0 Å². The van der Waals surface area contributed by atoms with E-state index >= 15 is 0 Å². The molecule has 2 atom stereocenters. The number of unbranched alkanes of at least 4 members (excludes halogenated alkanes) is 18. The number of phosphoric ester groups is 1. The molecule has 0 saturated carbocycles. The quantitative estimate of drug-likeness (QED) is 0.0201. The van der Waals surface area contributed by atoms with Crippen LogP contribution in [0.5, 0.6) is 0 Å². The molecule has 0 amide bonds. The van der Waals surface area contributed by atoms with E-state index in [9.17, 15) is 14.3 Å². The first-order valence-corrected chi connectivity index (χ1v) is 23.3. The first-order valence-electron chi connectivity index (χ1n) is 21.9. The molecule has 0 rings (SSSR count). The Morgan fingerprint density at radius 3 is 1.61 bits per heavy atom. The Hall–Kier alpha value is -1.54. The number of hydrogen-bond acceptors (Lipinski definition) is 7. The lowest BCUT2D eigenvalue weighted by molar-refractivity contribution is -0.870. The van der Waals surface area contributed by atoms with Crippen molar-refractivity contribution in [2.24, 2.45) is 0 Å². The number of esters is 1. The maximum Gasteiger partial charge on any atom is 0.306 e. The third-order valence-electron chi connectivity index (χ3n) is 9.14. The number of carbonyl (C=O) groups excluding carboxylic acids is 1. The summed E-state index contributed by atoms with van der Waals surface area (Å²) in [5.74, 6) is -0.341. The van der Waals surface area contributed by atoms with Crippen molar-refractivity contribution in [1.29, 1.82) is 0 Å². The molecule has 0 aromatic heterocycles. The normalized spacial score (nSPS) is 14.3. The fraction of sp³-hybridized carbons (Fsp3) is 0.800. The highest BCUT2D eigenvalue weighted by Gasteiger charge is 2.20. The van der Waals surface area contributed by atoms with Crippen LogP contribution in [0.1, 0.15) is 174 Å². The predicted molar refractivity (Wildman–Crippen MR) is 226 cm³/mol. The van der Waals surface area contributed by atoms with Crippen LogP contribution in [-0.4, -0.2) is 70.7 Å². The Morgan fingerprint density at radius 1 is 0.593 bits per heavy atom. The summed E-state index contributed by atoms with van der Waals surface area (Å²) in [6.07, 6.45) is 45.7. The zero-order valence-corrected chi connectivity index (χ0v) is 36.6. The SMILES string of the molecule is CC/C=C\C/C=C\C/C=C\C/C=C\CCCCCCCCCCCCCOCC(COP(=O)([O-])OCC[N+](C)(C)C)OC(=O)CCCCCCCCCC. The second kappa shape index (κ2) is 38.3. The van der Waals surface area contributed by atoms with Gasteiger partial charge in [0.05, 0.1) is 34.4 Å². The Balaban J connectivity index is 4.05. The Morgan fingerprint density at radius 2 is 1.07 bits per heavy atom. The number of hydrogen-bond donors (Lipinski definition) is 0. The fourth-order valence-corrected chi connectivity index (χ4v) is 6.50. The van der Waals surface area contributed by atoms with Crippen molar-refractivity contribution in [3.05, 3.63) is 48.6 Å². The monoisotopic (exact) mass is 782 g/mol. The lowest BCUT2D eigenvalue weighted by Gasteiger charge is -2.28. The van der Waals surface area contributed by atoms with Gasteiger partial charge in [0, 0.05) is 13.0 Å². The second-order valence-electron chi connectivity index (χ2n) is 15.7. The summed E-state index contributed by atoms with van der Waals surface area (Å²) in [7, 11) is 1.35. The molecule has 0 fully saturated rings. The summed E-state index contributed by atoms with van der Waals surface area (Å²) in [6.45, 7) is 5.26. The van der Waals surface area contributed by atoms with Crippen LogP contribution in [0.25, 0.3) is 0 Å². The van der Waals surface area contributed by atoms with Crippen molar-refractivity contribution >= 4 is 13.8 Å². The first kappa shape index (κ1) is 52.5. The van der Waals surface area contributed by atoms with E-state index in [0.29, 0.717) is 24.1 Å². The number of likely N-dealkylation sites (N-methyl/N-ethyl adjacent to an activating group) is 1. The molecular weight excluding hydrogens is 697 g/mol. The van der Waals surface area contributed by atoms with Gasteiger partial charge in [0.15, 0.2) is 0 Å². The van der Waals surface area contributed by atoms with Crippen molar-refractivity contribution in [1.82, 2.24) is 0 Å². The van der Waals surface area contributed by atoms with E-state index in [1.165, 1.54) is 96.3 Å². The molecule has 0 N–H and O–H groups in total. The van der Waals surface area contributed by atoms with Crippen LogP contribution < -0.4 is 4.89 Å². The molecule has 9 heteroatoms. The molecule has 0 aliphatic carbocycles. The number of phosphoric acid groups is 1. The van der Waals surface area contributed by atoms with Crippen molar-refractivity contribution in [3.63, 3.8) is 0 Å². The number of carbonyl (C=O) groups is 1. The van der Waals surface area contributed by atoms with E-state index in [2.05, 4.69) is 62.5 Å². The molecule has 54 heavy (non-hydrogen) atoms. The number of allylic oxidation sites excluding steroid dienone is 8. The molecule has 0 aliphatic rings. The standard InChI is InChI=1S/C45H84NO7P/c1-6-8-10-12-14-16-17-18-19-20-21-22-23-24-25-26-27-28-29-30-31-33-35-37-40-50-42-44(43-52-54(48,49)51-41-39-46(3,4)5)53-45(47)38-36-34-32-15-13-11-9-7-2/h8,10,14,16,18-19,21-22,44H,6-7,9,11-13,15,17,20,23-43H2,1-5H3/b10-8-,16-14-,19-18-,22-21-. The smallest absolute Gasteiger partial charge is 0.306 e. The van der Waals surface area contributed by atoms with Gasteiger partial charge in [-0.1, -0.05) is 165 Å². The zero-order valence-electron chi connectivity index (χ0n) is 35.7. The van der Waals surface area contributed by atoms with Crippen LogP contribution in [0.2, 0.25) is 0 Å². The highest BCUT2D eigenvalue weighted by atomic mass is 31.2. The third kappa shape index (κ3) is 41.6. The highest BCUT2D eigenvalue weighted by Crippen LogP contribution is 2.38. The van der Waals surface area contributed by atoms with Gasteiger partial charge in [0.25, 0.3) is 7.82 Å². The summed E-state index contributed by atoms with van der Waals surface area (Å²) in [6, 6.07) is 0. The topological polar surface area (TPSA) is 94.1 Å². The lowest BCUT2D eigenvalue weighted by atomic mass is 10.1. The van der Waals surface area contributed by atoms with Gasteiger partial charge in [-0.15, -0.1) is 0 Å². The van der Waals surface area contributed by atoms with E-state index in [1.807, 2.05) is 21.1 Å². The van der Waals surface area contributed by atoms with E-state index < -0.39 is 13.9 Å². The third-order valence-corrected chi connectivity index (χ3v) is 10.1. The van der Waals surface area contributed by atoms with Crippen LogP contribution >= 0.6 is 7.82 Å². The van der Waals surface area contributed by atoms with E-state index in [-0.39, 0.29) is 25.8 Å². The van der Waals surface area contributed by atoms with Gasteiger partial charge < -0.3 is 27.9 Å². The molecule has 8 nitrogen and oxygen atoms in total. The molecule has 0 heterocycles. The van der Waals surface area contributed by atoms with Gasteiger partial charge in [0.1, 0.15) is 19.3 Å². The average molecular weight is 782 g/mol. The molecule has 316 valence electrons. The summed E-state index contributed by atoms with van der Waals surface area (Å²) < 4.78 is 34.5. The minimum atomic E-state index is -4.52. The van der Waals surface area contributed by atoms with Gasteiger partial charge in [-0.25, -0.2) is 0 Å². The van der Waals surface area contributed by atoms with E-state index in [0.717, 1.165) is 57.8 Å². The van der Waals surface area contributed by atoms with Crippen LogP contribution in [0.3, 0.4) is 0 Å². The zero-order chi connectivity index (χ0) is 39.9. The van der Waals surface area contributed by atoms with E-state index in [1.54, 1.807) is 0 Å². The van der Waals surface area contributed by atoms with Gasteiger partial charge >= 0.3 is 5.97 Å². The van der Waals surface area contributed by atoms with Crippen molar-refractivity contribution < 1.29 is 37.3 Å². The van der Waals surface area contributed by atoms with Crippen molar-refractivity contribution in [2.45, 2.75) is 180 Å². The Kier molecular flexibility index (Phi) is 37.2. The predicted octanol–water partition coefficient (Wildman–Crippen LogP) is 12.1. The van der Waals surface area contributed by atoms with Crippen molar-refractivity contribution in [3.8, 4) is 0 Å². The molecule has 0 spiro atoms. The molecule has 2 unspecified atom stereocenters. The maximum absolute atomic E-state index is 12.6. The maximum atomic E-state index is 12.6. The molecule has 0 bridgehead atoms. The minimum Gasteiger partial charge on any atom is -0.756 e. The summed E-state index contributed by atoms with van der Waals surface area (Å²) >= 11 is 0. The van der Waals surface area contributed by atoms with Crippen molar-refractivity contribution in [2.75, 3.05) is 54.1 Å². The minimum absolute atomic E-state index is 0.0252. The molecular formula is C45H84NO7P. The van der Waals surface area contributed by atoms with Crippen LogP contribution in [0, 0.1) is 0 Å². The Bertz CT molecular complexity index is 1000. The summed E-state index contributed by atoms with van der Waals surface area (Å²) in [5, 5.41) is 0. The largest absolute Gasteiger partial charge is 0.756 e. The first-order chi connectivity index (χ1) is 26.1. The molecule has 0 aromatic carbocycles. The van der Waals surface area contributed by atoms with E-state index in [4.69, 9.17) is 18.5 Å². The second-order valence-corrected chi connectivity index (χ2v) is 17.1. The number of rotatable bonds is 40. The average Bonchev–Trinajstić information content (AvgIpc) is 3.12. The molecule has 0 radical (unpaired) electrons. The van der Waals surface area contributed by atoms with Gasteiger partial charge in [-0.2, -0.15) is 0 Å².